The number of halogens is 2. The molecule has 1 amide bonds. The van der Waals surface area contributed by atoms with E-state index in [-0.39, 0.29) is 5.91 Å². The van der Waals surface area contributed by atoms with Crippen molar-refractivity contribution in [3.05, 3.63) is 52.5 Å². The van der Waals surface area contributed by atoms with Crippen LogP contribution in [-0.2, 0) is 9.59 Å². The number of anilines is 1. The van der Waals surface area contributed by atoms with Gasteiger partial charge in [0.25, 0.3) is 0 Å². The van der Waals surface area contributed by atoms with Gasteiger partial charge in [-0.1, -0.05) is 23.2 Å². The summed E-state index contributed by atoms with van der Waals surface area (Å²) in [4.78, 5) is 25.7. The van der Waals surface area contributed by atoms with Crippen LogP contribution in [0, 0.1) is 0 Å². The van der Waals surface area contributed by atoms with Crippen molar-refractivity contribution in [3.8, 4) is 11.5 Å². The summed E-state index contributed by atoms with van der Waals surface area (Å²) < 4.78 is 10.9. The van der Waals surface area contributed by atoms with Crippen LogP contribution < -0.4 is 14.4 Å². The van der Waals surface area contributed by atoms with Crippen molar-refractivity contribution in [3.63, 3.8) is 0 Å². The third-order valence-corrected chi connectivity index (χ3v) is 4.50. The lowest BCUT2D eigenvalue weighted by molar-refractivity contribution is -0.141. The molecule has 1 aliphatic rings. The molecule has 1 heterocycles. The number of benzene rings is 2. The second-order valence-corrected chi connectivity index (χ2v) is 6.74. The van der Waals surface area contributed by atoms with Crippen molar-refractivity contribution in [2.45, 2.75) is 25.9 Å². The van der Waals surface area contributed by atoms with E-state index in [1.54, 1.807) is 48.2 Å². The molecule has 7 heteroatoms. The molecule has 136 valence electrons. The van der Waals surface area contributed by atoms with Crippen LogP contribution in [0.25, 0.3) is 0 Å². The molecule has 0 aliphatic carbocycles. The van der Waals surface area contributed by atoms with Crippen LogP contribution in [0.3, 0.4) is 0 Å². The fourth-order valence-corrected chi connectivity index (χ4v) is 3.08. The number of hydrogen-bond acceptors (Lipinski definition) is 4. The van der Waals surface area contributed by atoms with Crippen LogP contribution in [-0.4, -0.2) is 24.5 Å². The average Bonchev–Trinajstić information content (AvgIpc) is 3.04. The lowest BCUT2D eigenvalue weighted by Crippen LogP contribution is -2.28. The summed E-state index contributed by atoms with van der Waals surface area (Å²) in [5.74, 6) is 0.282. The molecule has 26 heavy (non-hydrogen) atoms. The first-order valence-corrected chi connectivity index (χ1v) is 8.93. The second-order valence-electron chi connectivity index (χ2n) is 5.90. The number of carbonyl (C=O) groups excluding carboxylic acids is 2. The topological polar surface area (TPSA) is 55.8 Å². The number of rotatable bonds is 5. The zero-order valence-electron chi connectivity index (χ0n) is 14.1. The molecule has 5 nitrogen and oxygen atoms in total. The summed E-state index contributed by atoms with van der Waals surface area (Å²) in [5.41, 5.74) is 0.796. The molecule has 1 aliphatic heterocycles. The molecular formula is C19H17Cl2NO4. The maximum atomic E-state index is 12.2. The van der Waals surface area contributed by atoms with Gasteiger partial charge in [0.2, 0.25) is 5.91 Å². The van der Waals surface area contributed by atoms with Gasteiger partial charge in [0.15, 0.2) is 6.10 Å². The number of hydrogen-bond donors (Lipinski definition) is 0. The molecule has 1 unspecified atom stereocenters. The van der Waals surface area contributed by atoms with Crippen molar-refractivity contribution in [1.82, 2.24) is 0 Å². The molecule has 0 N–H and O–H groups in total. The van der Waals surface area contributed by atoms with E-state index in [9.17, 15) is 9.59 Å². The zero-order chi connectivity index (χ0) is 18.7. The highest BCUT2D eigenvalue weighted by Gasteiger charge is 2.22. The van der Waals surface area contributed by atoms with Crippen molar-refractivity contribution >= 4 is 40.8 Å². The number of ether oxygens (including phenoxy) is 2. The predicted octanol–water partition coefficient (Wildman–Crippen LogP) is 4.49. The fourth-order valence-electron chi connectivity index (χ4n) is 2.62. The first-order valence-electron chi connectivity index (χ1n) is 8.18. The van der Waals surface area contributed by atoms with Gasteiger partial charge < -0.3 is 14.4 Å². The summed E-state index contributed by atoms with van der Waals surface area (Å²) in [6.07, 6.45) is 0.574. The Kier molecular flexibility index (Phi) is 5.69. The van der Waals surface area contributed by atoms with Gasteiger partial charge in [-0.15, -0.1) is 0 Å². The Balaban J connectivity index is 1.61. The second kappa shape index (κ2) is 7.98. The molecule has 0 aromatic heterocycles. The largest absolute Gasteiger partial charge is 0.477 e. The Morgan fingerprint density at radius 2 is 1.88 bits per heavy atom. The Morgan fingerprint density at radius 1 is 1.15 bits per heavy atom. The first kappa shape index (κ1) is 18.5. The molecular weight excluding hydrogens is 377 g/mol. The highest BCUT2D eigenvalue weighted by Crippen LogP contribution is 2.29. The van der Waals surface area contributed by atoms with Crippen molar-refractivity contribution in [1.29, 1.82) is 0 Å². The van der Waals surface area contributed by atoms with Gasteiger partial charge in [-0.05, 0) is 55.8 Å². The summed E-state index contributed by atoms with van der Waals surface area (Å²) in [6, 6.07) is 11.6. The molecule has 0 spiro atoms. The monoisotopic (exact) mass is 393 g/mol. The number of amides is 1. The van der Waals surface area contributed by atoms with E-state index in [1.165, 1.54) is 6.07 Å². The predicted molar refractivity (Wildman–Crippen MR) is 100 cm³/mol. The van der Waals surface area contributed by atoms with Crippen LogP contribution >= 0.6 is 23.2 Å². The van der Waals surface area contributed by atoms with Crippen LogP contribution in [0.15, 0.2) is 42.5 Å². The van der Waals surface area contributed by atoms with E-state index in [0.717, 1.165) is 12.1 Å². The number of carbonyl (C=O) groups is 2. The number of nitrogens with zero attached hydrogens (tertiary/aromatic N) is 1. The van der Waals surface area contributed by atoms with E-state index in [2.05, 4.69) is 0 Å². The average molecular weight is 394 g/mol. The fraction of sp³-hybridized carbons (Fsp3) is 0.263. The Bertz CT molecular complexity index is 823. The van der Waals surface area contributed by atoms with Crippen LogP contribution in [0.5, 0.6) is 11.5 Å². The van der Waals surface area contributed by atoms with Crippen molar-refractivity contribution in [2.24, 2.45) is 0 Å². The molecule has 3 rings (SSSR count). The van der Waals surface area contributed by atoms with E-state index < -0.39 is 12.1 Å². The summed E-state index contributed by atoms with van der Waals surface area (Å²) >= 11 is 11.9. The Morgan fingerprint density at radius 3 is 2.50 bits per heavy atom. The van der Waals surface area contributed by atoms with Gasteiger partial charge >= 0.3 is 5.97 Å². The van der Waals surface area contributed by atoms with Gasteiger partial charge in [-0.3, -0.25) is 4.79 Å². The maximum absolute atomic E-state index is 12.2. The van der Waals surface area contributed by atoms with Crippen LogP contribution in [0.1, 0.15) is 19.8 Å². The number of esters is 1. The molecule has 0 radical (unpaired) electrons. The molecule has 1 saturated heterocycles. The smallest absolute Gasteiger partial charge is 0.352 e. The third-order valence-electron chi connectivity index (χ3n) is 3.97. The minimum atomic E-state index is -0.853. The normalized spacial score (nSPS) is 15.0. The van der Waals surface area contributed by atoms with Crippen molar-refractivity contribution < 1.29 is 19.1 Å². The zero-order valence-corrected chi connectivity index (χ0v) is 15.6. The highest BCUT2D eigenvalue weighted by atomic mass is 35.5. The lowest BCUT2D eigenvalue weighted by atomic mass is 10.3. The van der Waals surface area contributed by atoms with Gasteiger partial charge in [-0.25, -0.2) is 4.79 Å². The quantitative estimate of drug-likeness (QED) is 0.554. The van der Waals surface area contributed by atoms with Crippen LogP contribution in [0.4, 0.5) is 5.69 Å². The first-order chi connectivity index (χ1) is 12.4. The van der Waals surface area contributed by atoms with Gasteiger partial charge in [0.05, 0.1) is 5.02 Å². The van der Waals surface area contributed by atoms with Crippen LogP contribution in [0.2, 0.25) is 10.0 Å². The molecule has 1 fully saturated rings. The summed E-state index contributed by atoms with van der Waals surface area (Å²) in [5, 5.41) is 0.797. The molecule has 1 atom stereocenters. The van der Waals surface area contributed by atoms with E-state index in [0.29, 0.717) is 34.5 Å². The Hall–Kier alpha value is -2.24. The summed E-state index contributed by atoms with van der Waals surface area (Å²) in [7, 11) is 0. The van der Waals surface area contributed by atoms with Gasteiger partial charge in [-0.2, -0.15) is 0 Å². The van der Waals surface area contributed by atoms with E-state index in [1.807, 2.05) is 0 Å². The van der Waals surface area contributed by atoms with Crippen molar-refractivity contribution in [2.75, 3.05) is 11.4 Å². The Labute approximate surface area is 161 Å². The van der Waals surface area contributed by atoms with Gasteiger partial charge in [0, 0.05) is 23.7 Å². The minimum Gasteiger partial charge on any atom is -0.477 e. The molecule has 0 saturated carbocycles. The van der Waals surface area contributed by atoms with E-state index in [4.69, 9.17) is 32.7 Å². The molecule has 2 aromatic carbocycles. The van der Waals surface area contributed by atoms with E-state index >= 15 is 0 Å². The SMILES string of the molecule is CC(Oc1ccc(Cl)cc1Cl)C(=O)Oc1ccc(N2CCCC2=O)cc1. The summed E-state index contributed by atoms with van der Waals surface area (Å²) in [6.45, 7) is 2.29. The van der Waals surface area contributed by atoms with Gasteiger partial charge in [0.1, 0.15) is 11.5 Å². The minimum absolute atomic E-state index is 0.108. The maximum Gasteiger partial charge on any atom is 0.352 e. The standard InChI is InChI=1S/C19H17Cl2NO4/c1-12(25-17-9-4-13(20)11-16(17)21)19(24)26-15-7-5-14(6-8-15)22-10-2-3-18(22)23/h4-9,11-12H,2-3,10H2,1H3. The molecule has 2 aromatic rings. The highest BCUT2D eigenvalue weighted by molar-refractivity contribution is 6.35. The third kappa shape index (κ3) is 4.29. The lowest BCUT2D eigenvalue weighted by Gasteiger charge is -2.17. The molecule has 0 bridgehead atoms.